The van der Waals surface area contributed by atoms with Crippen molar-refractivity contribution in [3.05, 3.63) is 58.5 Å². The van der Waals surface area contributed by atoms with Crippen molar-refractivity contribution in [1.82, 2.24) is 0 Å². The number of carbonyl (C=O) groups is 2. The summed E-state index contributed by atoms with van der Waals surface area (Å²) < 4.78 is 11.7. The molecule has 1 aromatic heterocycles. The second-order valence-electron chi connectivity index (χ2n) is 6.71. The summed E-state index contributed by atoms with van der Waals surface area (Å²) in [6.45, 7) is 1.68. The van der Waals surface area contributed by atoms with Crippen LogP contribution in [0.2, 0.25) is 0 Å². The number of carboxylic acids is 1. The largest absolute Gasteiger partial charge is 0.493 e. The number of methoxy groups -OCH3 is 2. The number of aliphatic carboxylic acids is 1. The molecule has 0 saturated heterocycles. The Morgan fingerprint density at radius 3 is 2.21 bits per heavy atom. The second kappa shape index (κ2) is 7.52. The number of hydrogen-bond acceptors (Lipinski definition) is 5. The summed E-state index contributed by atoms with van der Waals surface area (Å²) in [6, 6.07) is 12.1. The van der Waals surface area contributed by atoms with E-state index in [1.807, 2.05) is 18.2 Å². The van der Waals surface area contributed by atoms with Gasteiger partial charge < -0.3 is 20.3 Å². The predicted octanol–water partition coefficient (Wildman–Crippen LogP) is 3.60. The molecule has 7 heteroatoms. The molecule has 3 rings (SSSR count). The monoisotopic (exact) mass is 399 g/mol. The van der Waals surface area contributed by atoms with Gasteiger partial charge in [0.25, 0.3) is 0 Å². The van der Waals surface area contributed by atoms with E-state index >= 15 is 0 Å². The number of thiophene rings is 1. The molecule has 0 saturated carbocycles. The molecule has 0 fully saturated rings. The molecule has 1 atom stereocenters. The first kappa shape index (κ1) is 19.7. The minimum Gasteiger partial charge on any atom is -0.493 e. The molecule has 3 aromatic rings. The number of rotatable bonds is 7. The topological polar surface area (TPSA) is 98.9 Å². The number of benzene rings is 2. The van der Waals surface area contributed by atoms with E-state index in [2.05, 4.69) is 0 Å². The molecule has 0 bridgehead atoms. The Morgan fingerprint density at radius 2 is 1.68 bits per heavy atom. The van der Waals surface area contributed by atoms with Crippen molar-refractivity contribution in [3.8, 4) is 11.5 Å². The predicted molar refractivity (Wildman–Crippen MR) is 109 cm³/mol. The quantitative estimate of drug-likeness (QED) is 0.632. The Bertz CT molecular complexity index is 1000. The SMILES string of the molecule is COc1cc2cc(CC(C)(C(=O)O)c3ccc(C(N)=O)cc3)sc2cc1OC. The van der Waals surface area contributed by atoms with E-state index in [4.69, 9.17) is 15.2 Å². The van der Waals surface area contributed by atoms with Gasteiger partial charge in [0.1, 0.15) is 0 Å². The molecular weight excluding hydrogens is 378 g/mol. The van der Waals surface area contributed by atoms with E-state index in [-0.39, 0.29) is 0 Å². The number of amides is 1. The summed E-state index contributed by atoms with van der Waals surface area (Å²) in [5.74, 6) is -0.225. The van der Waals surface area contributed by atoms with Crippen molar-refractivity contribution in [2.24, 2.45) is 5.73 Å². The number of fused-ring (bicyclic) bond motifs is 1. The van der Waals surface area contributed by atoms with Crippen LogP contribution in [0, 0.1) is 0 Å². The normalized spacial score (nSPS) is 13.1. The molecule has 1 amide bonds. The van der Waals surface area contributed by atoms with Gasteiger partial charge >= 0.3 is 5.97 Å². The van der Waals surface area contributed by atoms with Gasteiger partial charge in [0.15, 0.2) is 11.5 Å². The maximum Gasteiger partial charge on any atom is 0.314 e. The van der Waals surface area contributed by atoms with Crippen LogP contribution in [0.4, 0.5) is 0 Å². The summed E-state index contributed by atoms with van der Waals surface area (Å²) in [5.41, 5.74) is 5.08. The average molecular weight is 399 g/mol. The zero-order valence-electron chi connectivity index (χ0n) is 15.8. The third-order valence-corrected chi connectivity index (χ3v) is 5.98. The smallest absolute Gasteiger partial charge is 0.314 e. The highest BCUT2D eigenvalue weighted by Crippen LogP contribution is 2.39. The molecule has 0 spiro atoms. The van der Waals surface area contributed by atoms with Crippen molar-refractivity contribution in [2.75, 3.05) is 14.2 Å². The van der Waals surface area contributed by atoms with E-state index in [9.17, 15) is 14.7 Å². The fourth-order valence-corrected chi connectivity index (χ4v) is 4.39. The minimum absolute atomic E-state index is 0.308. The molecule has 6 nitrogen and oxygen atoms in total. The Hall–Kier alpha value is -3.06. The van der Waals surface area contributed by atoms with Crippen LogP contribution in [0.5, 0.6) is 11.5 Å². The number of nitrogens with two attached hydrogens (primary N) is 1. The van der Waals surface area contributed by atoms with Crippen LogP contribution >= 0.6 is 11.3 Å². The number of primary amides is 1. The summed E-state index contributed by atoms with van der Waals surface area (Å²) in [5, 5.41) is 10.9. The van der Waals surface area contributed by atoms with Gasteiger partial charge in [-0.1, -0.05) is 12.1 Å². The standard InChI is InChI=1S/C21H21NO5S/c1-21(20(24)25,14-6-4-12(5-7-14)19(22)23)11-15-8-13-9-16(26-2)17(27-3)10-18(13)28-15/h4-10H,11H2,1-3H3,(H2,22,23)(H,24,25). The molecule has 0 aliphatic heterocycles. The second-order valence-corrected chi connectivity index (χ2v) is 7.88. The van der Waals surface area contributed by atoms with Crippen LogP contribution in [0.3, 0.4) is 0 Å². The molecule has 2 aromatic carbocycles. The van der Waals surface area contributed by atoms with Crippen molar-refractivity contribution >= 4 is 33.3 Å². The lowest BCUT2D eigenvalue weighted by atomic mass is 9.79. The van der Waals surface area contributed by atoms with Gasteiger partial charge in [-0.2, -0.15) is 0 Å². The van der Waals surface area contributed by atoms with Gasteiger partial charge in [0, 0.05) is 27.6 Å². The average Bonchev–Trinajstić information content (AvgIpc) is 3.07. The Kier molecular flexibility index (Phi) is 5.29. The highest BCUT2D eigenvalue weighted by atomic mass is 32.1. The van der Waals surface area contributed by atoms with Gasteiger partial charge in [-0.25, -0.2) is 0 Å². The van der Waals surface area contributed by atoms with Gasteiger partial charge in [0.2, 0.25) is 5.91 Å². The zero-order valence-corrected chi connectivity index (χ0v) is 16.6. The maximum absolute atomic E-state index is 12.1. The van der Waals surface area contributed by atoms with E-state index in [0.717, 1.165) is 15.0 Å². The summed E-state index contributed by atoms with van der Waals surface area (Å²) >= 11 is 1.52. The van der Waals surface area contributed by atoms with Crippen LogP contribution in [-0.2, 0) is 16.6 Å². The molecule has 0 radical (unpaired) electrons. The van der Waals surface area contributed by atoms with Crippen molar-refractivity contribution in [3.63, 3.8) is 0 Å². The van der Waals surface area contributed by atoms with Crippen molar-refractivity contribution in [1.29, 1.82) is 0 Å². The molecule has 3 N–H and O–H groups in total. The van der Waals surface area contributed by atoms with Crippen LogP contribution in [-0.4, -0.2) is 31.2 Å². The minimum atomic E-state index is -1.15. The summed E-state index contributed by atoms with van der Waals surface area (Å²) in [4.78, 5) is 24.3. The van der Waals surface area contributed by atoms with Gasteiger partial charge in [-0.3, -0.25) is 9.59 Å². The molecule has 0 aliphatic rings. The zero-order chi connectivity index (χ0) is 20.5. The fourth-order valence-electron chi connectivity index (χ4n) is 3.16. The Morgan fingerprint density at radius 1 is 1.07 bits per heavy atom. The highest BCUT2D eigenvalue weighted by molar-refractivity contribution is 7.19. The van der Waals surface area contributed by atoms with Crippen molar-refractivity contribution in [2.45, 2.75) is 18.8 Å². The van der Waals surface area contributed by atoms with Crippen LogP contribution < -0.4 is 15.2 Å². The first-order valence-corrected chi connectivity index (χ1v) is 9.38. The molecule has 1 heterocycles. The Balaban J connectivity index is 2.00. The lowest BCUT2D eigenvalue weighted by Gasteiger charge is -2.25. The lowest BCUT2D eigenvalue weighted by molar-refractivity contribution is -0.143. The molecule has 1 unspecified atom stereocenters. The van der Waals surface area contributed by atoms with Crippen LogP contribution in [0.25, 0.3) is 10.1 Å². The van der Waals surface area contributed by atoms with Crippen LogP contribution in [0.15, 0.2) is 42.5 Å². The number of ether oxygens (including phenoxy) is 2. The van der Waals surface area contributed by atoms with Gasteiger partial charge in [-0.15, -0.1) is 11.3 Å². The molecule has 0 aliphatic carbocycles. The number of carboxylic acid groups (broad SMARTS) is 1. The van der Waals surface area contributed by atoms with E-state index in [1.165, 1.54) is 11.3 Å². The first-order chi connectivity index (χ1) is 13.3. The number of hydrogen-bond donors (Lipinski definition) is 2. The third-order valence-electron chi connectivity index (χ3n) is 4.88. The molecular formula is C21H21NO5S. The molecule has 146 valence electrons. The number of carbonyl (C=O) groups excluding carboxylic acids is 1. The van der Waals surface area contributed by atoms with Crippen molar-refractivity contribution < 1.29 is 24.2 Å². The molecule has 28 heavy (non-hydrogen) atoms. The fraction of sp³-hybridized carbons (Fsp3) is 0.238. The Labute approximate surface area is 166 Å². The third kappa shape index (κ3) is 3.53. The summed E-state index contributed by atoms with van der Waals surface area (Å²) in [7, 11) is 3.16. The van der Waals surface area contributed by atoms with E-state index < -0.39 is 17.3 Å². The first-order valence-electron chi connectivity index (χ1n) is 8.56. The van der Waals surface area contributed by atoms with E-state index in [1.54, 1.807) is 45.4 Å². The van der Waals surface area contributed by atoms with E-state index in [0.29, 0.717) is 29.0 Å². The lowest BCUT2D eigenvalue weighted by Crippen LogP contribution is -2.34. The summed E-state index contributed by atoms with van der Waals surface area (Å²) in [6.07, 6.45) is 0.308. The highest BCUT2D eigenvalue weighted by Gasteiger charge is 2.36. The van der Waals surface area contributed by atoms with Gasteiger partial charge in [-0.05, 0) is 42.1 Å². The van der Waals surface area contributed by atoms with Crippen LogP contribution in [0.1, 0.15) is 27.7 Å². The van der Waals surface area contributed by atoms with Gasteiger partial charge in [0.05, 0.1) is 19.6 Å². The maximum atomic E-state index is 12.1.